The van der Waals surface area contributed by atoms with Crippen LogP contribution in [0.1, 0.15) is 35.3 Å². The third kappa shape index (κ3) is 5.83. The fourth-order valence-corrected chi connectivity index (χ4v) is 3.08. The predicted octanol–water partition coefficient (Wildman–Crippen LogP) is 4.21. The highest BCUT2D eigenvalue weighted by Crippen LogP contribution is 2.28. The zero-order valence-corrected chi connectivity index (χ0v) is 18.1. The van der Waals surface area contributed by atoms with E-state index in [-0.39, 0.29) is 12.5 Å². The highest BCUT2D eigenvalue weighted by molar-refractivity contribution is 5.98. The quantitative estimate of drug-likeness (QED) is 0.542. The summed E-state index contributed by atoms with van der Waals surface area (Å²) in [5.41, 5.74) is 3.48. The van der Waals surface area contributed by atoms with Gasteiger partial charge in [0.1, 0.15) is 11.5 Å². The molecule has 0 radical (unpaired) electrons. The van der Waals surface area contributed by atoms with Gasteiger partial charge < -0.3 is 19.9 Å². The van der Waals surface area contributed by atoms with Gasteiger partial charge in [-0.3, -0.25) is 9.78 Å². The Morgan fingerprint density at radius 2 is 1.90 bits per heavy atom. The number of nitrogens with one attached hydrogen (secondary N) is 1. The summed E-state index contributed by atoms with van der Waals surface area (Å²) < 4.78 is 11.1. The number of aliphatic hydroxyl groups excluding tert-OH is 1. The molecule has 0 unspecified atom stereocenters. The minimum absolute atomic E-state index is 0.131. The summed E-state index contributed by atoms with van der Waals surface area (Å²) in [6.45, 7) is 4.86. The number of hydrogen-bond acceptors (Lipinski definition) is 5. The summed E-state index contributed by atoms with van der Waals surface area (Å²) in [5.74, 6) is 1.37. The topological polar surface area (TPSA) is 80.7 Å². The number of carbonyl (C=O) groups is 1. The minimum Gasteiger partial charge on any atom is -0.497 e. The van der Waals surface area contributed by atoms with E-state index in [0.717, 1.165) is 16.9 Å². The van der Waals surface area contributed by atoms with E-state index in [0.29, 0.717) is 41.6 Å². The van der Waals surface area contributed by atoms with Crippen molar-refractivity contribution in [1.82, 2.24) is 10.3 Å². The number of rotatable bonds is 9. The van der Waals surface area contributed by atoms with E-state index in [4.69, 9.17) is 9.47 Å². The summed E-state index contributed by atoms with van der Waals surface area (Å²) in [6.07, 6.45) is 1.67. The van der Waals surface area contributed by atoms with Crippen LogP contribution < -0.4 is 14.8 Å². The van der Waals surface area contributed by atoms with Crippen molar-refractivity contribution >= 4 is 5.91 Å². The van der Waals surface area contributed by atoms with Crippen LogP contribution in [0.2, 0.25) is 0 Å². The molecule has 0 aliphatic rings. The zero-order valence-electron chi connectivity index (χ0n) is 18.1. The summed E-state index contributed by atoms with van der Waals surface area (Å²) in [4.78, 5) is 17.4. The lowest BCUT2D eigenvalue weighted by Gasteiger charge is -2.15. The summed E-state index contributed by atoms with van der Waals surface area (Å²) in [6, 6.07) is 16.5. The molecule has 2 N–H and O–H groups in total. The van der Waals surface area contributed by atoms with E-state index in [1.807, 2.05) is 36.4 Å². The maximum atomic E-state index is 13.1. The molecule has 0 atom stereocenters. The van der Waals surface area contributed by atoms with Crippen molar-refractivity contribution in [3.05, 3.63) is 77.5 Å². The van der Waals surface area contributed by atoms with Crippen LogP contribution in [0.3, 0.4) is 0 Å². The average molecular weight is 421 g/mol. The first kappa shape index (κ1) is 22.3. The van der Waals surface area contributed by atoms with E-state index >= 15 is 0 Å². The number of nitrogens with zero attached hydrogens (tertiary/aromatic N) is 1. The maximum Gasteiger partial charge on any atom is 0.255 e. The molecule has 6 heteroatoms. The second-order valence-electron chi connectivity index (χ2n) is 7.62. The van der Waals surface area contributed by atoms with Gasteiger partial charge in [0, 0.05) is 23.9 Å². The average Bonchev–Trinajstić information content (AvgIpc) is 2.81. The molecule has 2 aromatic carbocycles. The first-order valence-electron chi connectivity index (χ1n) is 10.2. The molecule has 6 nitrogen and oxygen atoms in total. The molecular weight excluding hydrogens is 392 g/mol. The highest BCUT2D eigenvalue weighted by atomic mass is 16.5. The molecule has 1 heterocycles. The van der Waals surface area contributed by atoms with Gasteiger partial charge in [-0.25, -0.2) is 0 Å². The van der Waals surface area contributed by atoms with Gasteiger partial charge in [0.2, 0.25) is 0 Å². The maximum absolute atomic E-state index is 13.1. The summed E-state index contributed by atoms with van der Waals surface area (Å²) in [5, 5.41) is 12.6. The molecule has 1 amide bonds. The fourth-order valence-electron chi connectivity index (χ4n) is 3.08. The lowest BCUT2D eigenvalue weighted by atomic mass is 10.0. The number of ether oxygens (including phenoxy) is 2. The Hall–Kier alpha value is -3.38. The van der Waals surface area contributed by atoms with Crippen molar-refractivity contribution in [2.45, 2.75) is 27.0 Å². The second kappa shape index (κ2) is 10.6. The zero-order chi connectivity index (χ0) is 22.2. The number of methoxy groups -OCH3 is 1. The molecule has 0 spiro atoms. The first-order valence-corrected chi connectivity index (χ1v) is 10.2. The molecule has 0 fully saturated rings. The SMILES string of the molecule is COc1ccc(CNC(=O)c2cc(-c3ncccc3CO)ccc2OCC(C)C)cc1. The van der Waals surface area contributed by atoms with E-state index in [2.05, 4.69) is 24.1 Å². The number of aliphatic hydroxyl groups is 1. The third-order valence-corrected chi connectivity index (χ3v) is 4.74. The largest absolute Gasteiger partial charge is 0.497 e. The Balaban J connectivity index is 1.87. The lowest BCUT2D eigenvalue weighted by Crippen LogP contribution is -2.24. The number of carbonyl (C=O) groups excluding carboxylic acids is 1. The Morgan fingerprint density at radius 1 is 1.13 bits per heavy atom. The molecule has 1 aromatic heterocycles. The van der Waals surface area contributed by atoms with Crippen LogP contribution in [0.4, 0.5) is 0 Å². The van der Waals surface area contributed by atoms with E-state index in [9.17, 15) is 9.90 Å². The number of hydrogen-bond donors (Lipinski definition) is 2. The fraction of sp³-hybridized carbons (Fsp3) is 0.280. The van der Waals surface area contributed by atoms with Gasteiger partial charge >= 0.3 is 0 Å². The Kier molecular flexibility index (Phi) is 7.62. The number of benzene rings is 2. The number of pyridine rings is 1. The summed E-state index contributed by atoms with van der Waals surface area (Å²) in [7, 11) is 1.62. The Bertz CT molecular complexity index is 1020. The van der Waals surface area contributed by atoms with Gasteiger partial charge in [-0.1, -0.05) is 32.0 Å². The van der Waals surface area contributed by atoms with Crippen molar-refractivity contribution in [1.29, 1.82) is 0 Å². The van der Waals surface area contributed by atoms with Crippen molar-refractivity contribution in [2.24, 2.45) is 5.92 Å². The van der Waals surface area contributed by atoms with Crippen LogP contribution in [0, 0.1) is 5.92 Å². The minimum atomic E-state index is -0.238. The Labute approximate surface area is 182 Å². The smallest absolute Gasteiger partial charge is 0.255 e. The second-order valence-corrected chi connectivity index (χ2v) is 7.62. The van der Waals surface area contributed by atoms with Crippen molar-refractivity contribution in [3.8, 4) is 22.8 Å². The molecule has 31 heavy (non-hydrogen) atoms. The number of aromatic nitrogens is 1. The van der Waals surface area contributed by atoms with Crippen molar-refractivity contribution in [2.75, 3.05) is 13.7 Å². The van der Waals surface area contributed by atoms with E-state index in [1.165, 1.54) is 0 Å². The van der Waals surface area contributed by atoms with Crippen LogP contribution in [-0.4, -0.2) is 29.7 Å². The van der Waals surface area contributed by atoms with Crippen molar-refractivity contribution < 1.29 is 19.4 Å². The van der Waals surface area contributed by atoms with Gasteiger partial charge in [0.25, 0.3) is 5.91 Å². The number of amides is 1. The van der Waals surface area contributed by atoms with Gasteiger partial charge in [0.15, 0.2) is 0 Å². The molecule has 0 saturated heterocycles. The lowest BCUT2D eigenvalue weighted by molar-refractivity contribution is 0.0946. The third-order valence-electron chi connectivity index (χ3n) is 4.74. The van der Waals surface area contributed by atoms with Crippen LogP contribution in [0.15, 0.2) is 60.8 Å². The highest BCUT2D eigenvalue weighted by Gasteiger charge is 2.16. The van der Waals surface area contributed by atoms with Crippen molar-refractivity contribution in [3.63, 3.8) is 0 Å². The molecule has 3 rings (SSSR count). The van der Waals surface area contributed by atoms with Gasteiger partial charge in [-0.05, 0) is 47.9 Å². The van der Waals surface area contributed by atoms with Crippen LogP contribution in [-0.2, 0) is 13.2 Å². The van der Waals surface area contributed by atoms with Crippen LogP contribution >= 0.6 is 0 Å². The van der Waals surface area contributed by atoms with Gasteiger partial charge in [-0.2, -0.15) is 0 Å². The van der Waals surface area contributed by atoms with E-state index < -0.39 is 0 Å². The summed E-state index contributed by atoms with van der Waals surface area (Å²) >= 11 is 0. The molecular formula is C25H28N2O4. The van der Waals surface area contributed by atoms with E-state index in [1.54, 1.807) is 31.5 Å². The molecule has 0 aliphatic carbocycles. The molecule has 162 valence electrons. The molecule has 0 bridgehead atoms. The van der Waals surface area contributed by atoms with Crippen LogP contribution in [0.5, 0.6) is 11.5 Å². The molecule has 3 aromatic rings. The standard InChI is InChI=1S/C25H28N2O4/c1-17(2)16-31-23-11-8-19(24-20(15-28)5-4-12-26-24)13-22(23)25(29)27-14-18-6-9-21(30-3)10-7-18/h4-13,17,28H,14-16H2,1-3H3,(H,27,29). The molecule has 0 aliphatic heterocycles. The Morgan fingerprint density at radius 3 is 2.58 bits per heavy atom. The first-order chi connectivity index (χ1) is 15.0. The molecule has 0 saturated carbocycles. The normalized spacial score (nSPS) is 10.7. The predicted molar refractivity (Wildman–Crippen MR) is 120 cm³/mol. The van der Waals surface area contributed by atoms with Gasteiger partial charge in [0.05, 0.1) is 31.6 Å². The van der Waals surface area contributed by atoms with Gasteiger partial charge in [-0.15, -0.1) is 0 Å². The monoisotopic (exact) mass is 420 g/mol. The van der Waals surface area contributed by atoms with Crippen LogP contribution in [0.25, 0.3) is 11.3 Å².